The molecular weight excluding hydrogens is 237 g/mol. The minimum absolute atomic E-state index is 0. The van der Waals surface area contributed by atoms with E-state index in [-0.39, 0.29) is 51.4 Å². The zero-order chi connectivity index (χ0) is 9.47. The summed E-state index contributed by atoms with van der Waals surface area (Å²) in [6, 6.07) is 2.77. The first kappa shape index (κ1) is 12.7. The number of pyridine rings is 1. The van der Waals surface area contributed by atoms with E-state index in [0.717, 1.165) is 12.3 Å². The van der Waals surface area contributed by atoms with Crippen LogP contribution in [0.15, 0.2) is 23.7 Å². The number of hydrogen-bond donors (Lipinski definition) is 0. The number of thiophene rings is 1. The SMILES string of the molecule is F[B-](F)(F)c1cnc2sccc2c1.[K+]. The second-order valence-corrected chi connectivity index (χ2v) is 3.55. The molecule has 2 heterocycles. The Morgan fingerprint density at radius 1 is 1.29 bits per heavy atom. The fourth-order valence-corrected chi connectivity index (χ4v) is 1.78. The van der Waals surface area contributed by atoms with Gasteiger partial charge in [-0.2, -0.15) is 0 Å². The van der Waals surface area contributed by atoms with Gasteiger partial charge in [-0.15, -0.1) is 11.3 Å². The van der Waals surface area contributed by atoms with Gasteiger partial charge in [0.15, 0.2) is 0 Å². The smallest absolute Gasteiger partial charge is 0.445 e. The number of nitrogens with zero attached hydrogens (tertiary/aromatic N) is 1. The van der Waals surface area contributed by atoms with Crippen LogP contribution < -0.4 is 56.8 Å². The van der Waals surface area contributed by atoms with Crippen molar-refractivity contribution in [1.29, 1.82) is 0 Å². The third-order valence-corrected chi connectivity index (χ3v) is 2.54. The summed E-state index contributed by atoms with van der Waals surface area (Å²) in [5, 5.41) is 2.28. The van der Waals surface area contributed by atoms with Crippen LogP contribution in [0.4, 0.5) is 12.9 Å². The molecule has 0 spiro atoms. The van der Waals surface area contributed by atoms with Gasteiger partial charge in [0.2, 0.25) is 0 Å². The Bertz CT molecular complexity index is 442. The van der Waals surface area contributed by atoms with E-state index in [0.29, 0.717) is 10.2 Å². The van der Waals surface area contributed by atoms with Crippen molar-refractivity contribution in [3.8, 4) is 0 Å². The molecule has 14 heavy (non-hydrogen) atoms. The Morgan fingerprint density at radius 3 is 2.64 bits per heavy atom. The van der Waals surface area contributed by atoms with Crippen LogP contribution in [-0.2, 0) is 0 Å². The van der Waals surface area contributed by atoms with Crippen molar-refractivity contribution < 1.29 is 64.3 Å². The van der Waals surface area contributed by atoms with Crippen molar-refractivity contribution in [2.45, 2.75) is 0 Å². The molecule has 0 fully saturated rings. The number of fused-ring (bicyclic) bond motifs is 1. The Kier molecular flexibility index (Phi) is 4.19. The van der Waals surface area contributed by atoms with Crippen LogP contribution >= 0.6 is 11.3 Å². The van der Waals surface area contributed by atoms with E-state index in [1.54, 1.807) is 11.4 Å². The standard InChI is InChI=1S/C7H4BF3NS.K/c9-8(10,11)6-3-5-1-2-13-7(5)12-4-6;/h1-4H;/q-1;+1. The monoisotopic (exact) mass is 241 g/mol. The molecule has 0 aromatic carbocycles. The predicted octanol–water partition coefficient (Wildman–Crippen LogP) is -0.645. The Morgan fingerprint density at radius 2 is 2.00 bits per heavy atom. The van der Waals surface area contributed by atoms with E-state index >= 15 is 0 Å². The molecule has 0 N–H and O–H groups in total. The quantitative estimate of drug-likeness (QED) is 0.605. The Hall–Kier alpha value is 0.601. The van der Waals surface area contributed by atoms with Crippen LogP contribution in [0.1, 0.15) is 0 Å². The minimum atomic E-state index is -4.92. The van der Waals surface area contributed by atoms with Crippen LogP contribution in [-0.4, -0.2) is 12.0 Å². The fourth-order valence-electron chi connectivity index (χ4n) is 1.05. The average Bonchev–Trinajstić information content (AvgIpc) is 2.47. The van der Waals surface area contributed by atoms with Gasteiger partial charge in [-0.3, -0.25) is 0 Å². The second-order valence-electron chi connectivity index (χ2n) is 2.66. The summed E-state index contributed by atoms with van der Waals surface area (Å²) >= 11 is 1.34. The molecule has 0 aliphatic rings. The molecule has 2 rings (SSSR count). The zero-order valence-corrected chi connectivity index (χ0v) is 11.3. The maximum Gasteiger partial charge on any atom is 1.00 e. The normalized spacial score (nSPS) is 11.4. The zero-order valence-electron chi connectivity index (χ0n) is 7.38. The molecule has 0 saturated carbocycles. The summed E-state index contributed by atoms with van der Waals surface area (Å²) in [5.74, 6) is 0. The second kappa shape index (κ2) is 4.63. The summed E-state index contributed by atoms with van der Waals surface area (Å²) in [4.78, 5) is 4.36. The van der Waals surface area contributed by atoms with Crippen molar-refractivity contribution >= 4 is 34.0 Å². The first-order valence-corrected chi connectivity index (χ1v) is 4.48. The summed E-state index contributed by atoms with van der Waals surface area (Å²) in [6.07, 6.45) is 0.888. The van der Waals surface area contributed by atoms with Gasteiger partial charge in [-0.25, -0.2) is 4.98 Å². The van der Waals surface area contributed by atoms with Gasteiger partial charge in [-0.1, -0.05) is 11.5 Å². The van der Waals surface area contributed by atoms with E-state index in [2.05, 4.69) is 4.98 Å². The molecular formula is C7H4BF3KNS. The van der Waals surface area contributed by atoms with Gasteiger partial charge in [0.05, 0.1) is 0 Å². The third-order valence-electron chi connectivity index (χ3n) is 1.71. The van der Waals surface area contributed by atoms with Crippen LogP contribution in [0.25, 0.3) is 10.2 Å². The summed E-state index contributed by atoms with van der Waals surface area (Å²) in [6.45, 7) is -4.92. The van der Waals surface area contributed by atoms with Crippen LogP contribution in [0.3, 0.4) is 0 Å². The third kappa shape index (κ3) is 2.59. The Balaban J connectivity index is 0.000000980. The van der Waals surface area contributed by atoms with E-state index in [1.165, 1.54) is 11.3 Å². The van der Waals surface area contributed by atoms with E-state index < -0.39 is 12.4 Å². The molecule has 0 aliphatic carbocycles. The van der Waals surface area contributed by atoms with Gasteiger partial charge < -0.3 is 12.9 Å². The molecule has 0 amide bonds. The van der Waals surface area contributed by atoms with Crippen molar-refractivity contribution in [3.05, 3.63) is 23.7 Å². The minimum Gasteiger partial charge on any atom is -0.445 e. The fraction of sp³-hybridized carbons (Fsp3) is 0. The first-order chi connectivity index (χ1) is 6.07. The van der Waals surface area contributed by atoms with E-state index in [9.17, 15) is 12.9 Å². The molecule has 7 heteroatoms. The predicted molar refractivity (Wildman–Crippen MR) is 48.3 cm³/mol. The van der Waals surface area contributed by atoms with Gasteiger partial charge in [0.25, 0.3) is 0 Å². The van der Waals surface area contributed by atoms with E-state index in [1.807, 2.05) is 0 Å². The van der Waals surface area contributed by atoms with Crippen molar-refractivity contribution in [2.75, 3.05) is 0 Å². The van der Waals surface area contributed by atoms with Crippen LogP contribution in [0.2, 0.25) is 0 Å². The van der Waals surface area contributed by atoms with Crippen molar-refractivity contribution in [1.82, 2.24) is 4.98 Å². The molecule has 0 unspecified atom stereocenters. The maximum atomic E-state index is 12.2. The summed E-state index contributed by atoms with van der Waals surface area (Å²) < 4.78 is 36.7. The Labute approximate surface area is 125 Å². The topological polar surface area (TPSA) is 12.9 Å². The molecule has 0 saturated heterocycles. The van der Waals surface area contributed by atoms with Gasteiger partial charge >= 0.3 is 58.4 Å². The number of hydrogen-bond acceptors (Lipinski definition) is 2. The maximum absolute atomic E-state index is 12.2. The largest absolute Gasteiger partial charge is 1.00 e. The molecule has 2 aromatic rings. The molecule has 68 valence electrons. The van der Waals surface area contributed by atoms with Crippen LogP contribution in [0, 0.1) is 0 Å². The van der Waals surface area contributed by atoms with Crippen molar-refractivity contribution in [3.63, 3.8) is 0 Å². The summed E-state index contributed by atoms with van der Waals surface area (Å²) in [7, 11) is 0. The average molecular weight is 241 g/mol. The first-order valence-electron chi connectivity index (χ1n) is 3.60. The number of halogens is 3. The number of rotatable bonds is 1. The van der Waals surface area contributed by atoms with Gasteiger partial charge in [0, 0.05) is 11.6 Å². The molecule has 2 aromatic heterocycles. The van der Waals surface area contributed by atoms with Crippen LogP contribution in [0.5, 0.6) is 0 Å². The molecule has 0 bridgehead atoms. The van der Waals surface area contributed by atoms with Gasteiger partial charge in [0.1, 0.15) is 4.83 Å². The van der Waals surface area contributed by atoms with E-state index in [4.69, 9.17) is 0 Å². The number of aromatic nitrogens is 1. The van der Waals surface area contributed by atoms with Gasteiger partial charge in [-0.05, 0) is 11.4 Å². The summed E-state index contributed by atoms with van der Waals surface area (Å²) in [5.41, 5.74) is -0.633. The molecule has 0 radical (unpaired) electrons. The van der Waals surface area contributed by atoms with Crippen molar-refractivity contribution in [2.24, 2.45) is 0 Å². The molecule has 0 aliphatic heterocycles. The molecule has 1 nitrogen and oxygen atoms in total. The molecule has 0 atom stereocenters.